The number of carbonyl (C=O) groups excluding carboxylic acids is 1. The summed E-state index contributed by atoms with van der Waals surface area (Å²) in [5.41, 5.74) is 6.11. The second kappa shape index (κ2) is 8.51. The van der Waals surface area contributed by atoms with Gasteiger partial charge < -0.3 is 20.4 Å². The zero-order chi connectivity index (χ0) is 22.1. The Morgan fingerprint density at radius 1 is 1.19 bits per heavy atom. The molecule has 1 aliphatic rings. The molecule has 3 N–H and O–H groups in total. The molecule has 1 fully saturated rings. The van der Waals surface area contributed by atoms with Crippen molar-refractivity contribution in [3.8, 4) is 16.8 Å². The van der Waals surface area contributed by atoms with Gasteiger partial charge in [-0.2, -0.15) is 5.10 Å². The molecule has 164 valence electrons. The van der Waals surface area contributed by atoms with Gasteiger partial charge in [-0.15, -0.1) is 0 Å². The first kappa shape index (κ1) is 20.3. The van der Waals surface area contributed by atoms with E-state index in [9.17, 15) is 4.79 Å². The van der Waals surface area contributed by atoms with Gasteiger partial charge in [0.05, 0.1) is 23.7 Å². The maximum atomic E-state index is 12.4. The number of nitrogens with zero attached hydrogens (tertiary/aromatic N) is 2. The molecule has 0 saturated heterocycles. The number of methoxy groups -OCH3 is 1. The third kappa shape index (κ3) is 3.99. The standard InChI is InChI=1S/C25H27N5O2/c1-3-16-4-7-20(8-5-16)30-15-18(13-27-30)17-6-9-23-22(10-17)24(14-26-23)29-25(31)28-19-11-21(12-19)32-2/h4-10,13-15,19,21,26H,3,11-12H2,1-2H3,(H2,28,29,31)/t19-,21-. The summed E-state index contributed by atoms with van der Waals surface area (Å²) < 4.78 is 7.16. The Bertz CT molecular complexity index is 1230. The van der Waals surface area contributed by atoms with E-state index < -0.39 is 0 Å². The molecule has 1 aliphatic carbocycles. The number of amides is 2. The van der Waals surface area contributed by atoms with Crippen LogP contribution >= 0.6 is 0 Å². The van der Waals surface area contributed by atoms with Gasteiger partial charge in [0.15, 0.2) is 0 Å². The summed E-state index contributed by atoms with van der Waals surface area (Å²) in [6.07, 6.45) is 8.69. The van der Waals surface area contributed by atoms with E-state index in [-0.39, 0.29) is 18.2 Å². The summed E-state index contributed by atoms with van der Waals surface area (Å²) in [6, 6.07) is 14.6. The molecule has 7 heteroatoms. The smallest absolute Gasteiger partial charge is 0.319 e. The lowest BCUT2D eigenvalue weighted by molar-refractivity contribution is 0.0210. The molecule has 7 nitrogen and oxygen atoms in total. The molecule has 2 amide bonds. The molecule has 0 bridgehead atoms. The molecule has 0 spiro atoms. The molecular weight excluding hydrogens is 402 g/mol. The summed E-state index contributed by atoms with van der Waals surface area (Å²) >= 11 is 0. The number of benzene rings is 2. The Morgan fingerprint density at radius 3 is 2.75 bits per heavy atom. The molecule has 0 aliphatic heterocycles. The first-order chi connectivity index (χ1) is 15.6. The van der Waals surface area contributed by atoms with Crippen LogP contribution in [-0.2, 0) is 11.2 Å². The topological polar surface area (TPSA) is 84.0 Å². The Labute approximate surface area is 186 Å². The number of carbonyl (C=O) groups is 1. The number of aromatic amines is 1. The monoisotopic (exact) mass is 429 g/mol. The van der Waals surface area contributed by atoms with Crippen LogP contribution in [0.25, 0.3) is 27.7 Å². The number of hydrogen-bond donors (Lipinski definition) is 3. The number of aromatic nitrogens is 3. The Hall–Kier alpha value is -3.58. The Kier molecular flexibility index (Phi) is 5.41. The van der Waals surface area contributed by atoms with Crippen molar-refractivity contribution in [2.24, 2.45) is 0 Å². The van der Waals surface area contributed by atoms with Gasteiger partial charge in [0.2, 0.25) is 0 Å². The number of nitrogens with one attached hydrogen (secondary N) is 3. The van der Waals surface area contributed by atoms with Gasteiger partial charge in [-0.1, -0.05) is 25.1 Å². The number of urea groups is 1. The minimum absolute atomic E-state index is 0.165. The first-order valence-corrected chi connectivity index (χ1v) is 11.0. The third-order valence-corrected chi connectivity index (χ3v) is 6.22. The van der Waals surface area contributed by atoms with Crippen LogP contribution in [-0.4, -0.2) is 40.1 Å². The first-order valence-electron chi connectivity index (χ1n) is 11.0. The molecule has 32 heavy (non-hydrogen) atoms. The predicted octanol–water partition coefficient (Wildman–Crippen LogP) is 4.88. The maximum Gasteiger partial charge on any atom is 0.319 e. The lowest BCUT2D eigenvalue weighted by atomic mass is 9.89. The van der Waals surface area contributed by atoms with Crippen molar-refractivity contribution in [1.82, 2.24) is 20.1 Å². The molecule has 0 unspecified atom stereocenters. The van der Waals surface area contributed by atoms with Crippen LogP contribution in [0.15, 0.2) is 61.1 Å². The molecule has 2 heterocycles. The number of fused-ring (bicyclic) bond motifs is 1. The summed E-state index contributed by atoms with van der Waals surface area (Å²) in [5.74, 6) is 0. The highest BCUT2D eigenvalue weighted by Crippen LogP contribution is 2.30. The van der Waals surface area contributed by atoms with Crippen molar-refractivity contribution in [3.05, 3.63) is 66.6 Å². The van der Waals surface area contributed by atoms with E-state index in [2.05, 4.69) is 64.0 Å². The van der Waals surface area contributed by atoms with Crippen LogP contribution in [0.4, 0.5) is 10.5 Å². The molecular formula is C25H27N5O2. The van der Waals surface area contributed by atoms with E-state index in [1.807, 2.05) is 29.3 Å². The number of ether oxygens (including phenoxy) is 1. The average Bonchev–Trinajstić information content (AvgIpc) is 3.43. The SMILES string of the molecule is CCc1ccc(-n2cc(-c3ccc4[nH]cc(NC(=O)N[C@H]5C[C@H](OC)C5)c4c3)cn2)cc1. The van der Waals surface area contributed by atoms with Gasteiger partial charge in [0.1, 0.15) is 0 Å². The van der Waals surface area contributed by atoms with Crippen LogP contribution in [0.5, 0.6) is 0 Å². The summed E-state index contributed by atoms with van der Waals surface area (Å²) in [5, 5.41) is 11.5. The second-order valence-corrected chi connectivity index (χ2v) is 8.28. The number of H-pyrrole nitrogens is 1. The number of hydrogen-bond acceptors (Lipinski definition) is 3. The minimum Gasteiger partial charge on any atom is -0.381 e. The predicted molar refractivity (Wildman–Crippen MR) is 126 cm³/mol. The zero-order valence-electron chi connectivity index (χ0n) is 18.3. The normalized spacial score (nSPS) is 17.8. The van der Waals surface area contributed by atoms with Crippen LogP contribution in [0.1, 0.15) is 25.3 Å². The molecule has 0 atom stereocenters. The van der Waals surface area contributed by atoms with Crippen molar-refractivity contribution in [3.63, 3.8) is 0 Å². The largest absolute Gasteiger partial charge is 0.381 e. The Balaban J connectivity index is 1.33. The lowest BCUT2D eigenvalue weighted by Gasteiger charge is -2.34. The van der Waals surface area contributed by atoms with Gasteiger partial charge in [0.25, 0.3) is 0 Å². The highest BCUT2D eigenvalue weighted by molar-refractivity contribution is 6.02. The average molecular weight is 430 g/mol. The van der Waals surface area contributed by atoms with Crippen LogP contribution < -0.4 is 10.6 Å². The van der Waals surface area contributed by atoms with Crippen molar-refractivity contribution in [2.75, 3.05) is 12.4 Å². The molecule has 5 rings (SSSR count). The van der Waals surface area contributed by atoms with E-state index in [0.717, 1.165) is 52.7 Å². The third-order valence-electron chi connectivity index (χ3n) is 6.22. The van der Waals surface area contributed by atoms with Crippen LogP contribution in [0.3, 0.4) is 0 Å². The fraction of sp³-hybridized carbons (Fsp3) is 0.280. The van der Waals surface area contributed by atoms with Crippen molar-refractivity contribution in [1.29, 1.82) is 0 Å². The second-order valence-electron chi connectivity index (χ2n) is 8.28. The lowest BCUT2D eigenvalue weighted by Crippen LogP contribution is -2.48. The van der Waals surface area contributed by atoms with E-state index in [1.165, 1.54) is 5.56 Å². The fourth-order valence-corrected chi connectivity index (χ4v) is 4.12. The van der Waals surface area contributed by atoms with Gasteiger partial charge >= 0.3 is 6.03 Å². The minimum atomic E-state index is -0.195. The molecule has 0 radical (unpaired) electrons. The Morgan fingerprint density at radius 2 is 2.00 bits per heavy atom. The quantitative estimate of drug-likeness (QED) is 0.408. The van der Waals surface area contributed by atoms with Crippen molar-refractivity contribution >= 4 is 22.6 Å². The van der Waals surface area contributed by atoms with E-state index >= 15 is 0 Å². The van der Waals surface area contributed by atoms with E-state index in [4.69, 9.17) is 4.74 Å². The zero-order valence-corrected chi connectivity index (χ0v) is 18.3. The summed E-state index contributed by atoms with van der Waals surface area (Å²) in [6.45, 7) is 2.15. The van der Waals surface area contributed by atoms with Gasteiger partial charge in [0, 0.05) is 42.0 Å². The number of anilines is 1. The van der Waals surface area contributed by atoms with Gasteiger partial charge in [-0.05, 0) is 54.7 Å². The van der Waals surface area contributed by atoms with Crippen LogP contribution in [0.2, 0.25) is 0 Å². The fourth-order valence-electron chi connectivity index (χ4n) is 4.12. The molecule has 2 aromatic carbocycles. The number of aryl methyl sites for hydroxylation is 1. The number of rotatable bonds is 6. The molecule has 2 aromatic heterocycles. The molecule has 4 aromatic rings. The van der Waals surface area contributed by atoms with Crippen molar-refractivity contribution in [2.45, 2.75) is 38.3 Å². The van der Waals surface area contributed by atoms with Crippen LogP contribution in [0, 0.1) is 0 Å². The van der Waals surface area contributed by atoms with Gasteiger partial charge in [-0.25, -0.2) is 9.48 Å². The highest BCUT2D eigenvalue weighted by atomic mass is 16.5. The summed E-state index contributed by atoms with van der Waals surface area (Å²) in [7, 11) is 1.70. The van der Waals surface area contributed by atoms with E-state index in [1.54, 1.807) is 7.11 Å². The molecule has 1 saturated carbocycles. The van der Waals surface area contributed by atoms with E-state index in [0.29, 0.717) is 0 Å². The highest BCUT2D eigenvalue weighted by Gasteiger charge is 2.30. The van der Waals surface area contributed by atoms with Gasteiger partial charge in [-0.3, -0.25) is 0 Å². The van der Waals surface area contributed by atoms with Crippen molar-refractivity contribution < 1.29 is 9.53 Å². The summed E-state index contributed by atoms with van der Waals surface area (Å²) in [4.78, 5) is 15.7. The maximum absolute atomic E-state index is 12.4.